The Morgan fingerprint density at radius 2 is 2.23 bits per heavy atom. The lowest BCUT2D eigenvalue weighted by Gasteiger charge is -2.34. The van der Waals surface area contributed by atoms with E-state index in [1.807, 2.05) is 6.92 Å². The maximum absolute atomic E-state index is 12.4. The molecule has 0 spiro atoms. The van der Waals surface area contributed by atoms with E-state index in [-0.39, 0.29) is 17.6 Å². The summed E-state index contributed by atoms with van der Waals surface area (Å²) in [6, 6.07) is 4.29. The maximum atomic E-state index is 12.4. The second kappa shape index (κ2) is 6.87. The number of rotatable bonds is 4. The number of amides is 1. The number of likely N-dealkylation sites (tertiary alicyclic amines) is 1. The molecule has 2 rings (SSSR count). The van der Waals surface area contributed by atoms with Crippen LogP contribution in [0.15, 0.2) is 18.2 Å². The Morgan fingerprint density at radius 3 is 2.82 bits per heavy atom. The zero-order chi connectivity index (χ0) is 16.3. The van der Waals surface area contributed by atoms with E-state index >= 15 is 0 Å². The molecule has 0 radical (unpaired) electrons. The molecule has 1 aromatic rings. The summed E-state index contributed by atoms with van der Waals surface area (Å²) in [5.41, 5.74) is 1.36. The Labute approximate surface area is 130 Å². The molecular weight excluding hydrogens is 282 g/mol. The summed E-state index contributed by atoms with van der Waals surface area (Å²) >= 11 is 0. The molecule has 1 aromatic carbocycles. The summed E-state index contributed by atoms with van der Waals surface area (Å²) < 4.78 is 0. The summed E-state index contributed by atoms with van der Waals surface area (Å²) in [6.07, 6.45) is 2.33. The number of nitro groups is 1. The Kier molecular flexibility index (Phi) is 5.13. The van der Waals surface area contributed by atoms with E-state index < -0.39 is 4.92 Å². The molecule has 0 aliphatic carbocycles. The molecule has 1 N–H and O–H groups in total. The molecule has 22 heavy (non-hydrogen) atoms. The van der Waals surface area contributed by atoms with Gasteiger partial charge in [-0.2, -0.15) is 0 Å². The largest absolute Gasteiger partial charge is 0.324 e. The van der Waals surface area contributed by atoms with Crippen LogP contribution in [0.2, 0.25) is 0 Å². The maximum Gasteiger partial charge on any atom is 0.269 e. The average molecular weight is 305 g/mol. The first-order valence-corrected chi connectivity index (χ1v) is 7.68. The van der Waals surface area contributed by atoms with Crippen LogP contribution in [0.1, 0.15) is 32.3 Å². The van der Waals surface area contributed by atoms with Gasteiger partial charge in [0.1, 0.15) is 0 Å². The van der Waals surface area contributed by atoms with Gasteiger partial charge in [-0.3, -0.25) is 19.8 Å². The van der Waals surface area contributed by atoms with Gasteiger partial charge >= 0.3 is 0 Å². The molecular formula is C16H23N3O3. The van der Waals surface area contributed by atoms with Crippen molar-refractivity contribution in [2.75, 3.05) is 18.4 Å². The number of hydrogen-bond acceptors (Lipinski definition) is 4. The van der Waals surface area contributed by atoms with Crippen LogP contribution >= 0.6 is 0 Å². The minimum Gasteiger partial charge on any atom is -0.324 e. The van der Waals surface area contributed by atoms with Gasteiger partial charge in [0.2, 0.25) is 5.91 Å². The standard InChI is InChI=1S/C16H23N3O3/c1-11-5-4-8-18(10-11)13(3)16(20)17-15-7-6-14(19(21)22)9-12(15)2/h6-7,9,11,13H,4-5,8,10H2,1-3H3,(H,17,20)/t11-,13-/m1/s1. The lowest BCUT2D eigenvalue weighted by atomic mass is 9.99. The highest BCUT2D eigenvalue weighted by atomic mass is 16.6. The van der Waals surface area contributed by atoms with Crippen LogP contribution in [0.3, 0.4) is 0 Å². The fourth-order valence-corrected chi connectivity index (χ4v) is 2.88. The van der Waals surface area contributed by atoms with E-state index in [1.165, 1.54) is 18.6 Å². The van der Waals surface area contributed by atoms with Gasteiger partial charge in [0.05, 0.1) is 11.0 Å². The second-order valence-corrected chi connectivity index (χ2v) is 6.16. The van der Waals surface area contributed by atoms with E-state index in [0.717, 1.165) is 19.5 Å². The van der Waals surface area contributed by atoms with Gasteiger partial charge in [0.25, 0.3) is 5.69 Å². The lowest BCUT2D eigenvalue weighted by Crippen LogP contribution is -2.46. The van der Waals surface area contributed by atoms with Gasteiger partial charge in [0, 0.05) is 24.4 Å². The van der Waals surface area contributed by atoms with E-state index in [1.54, 1.807) is 13.0 Å². The second-order valence-electron chi connectivity index (χ2n) is 6.16. The van der Waals surface area contributed by atoms with Gasteiger partial charge in [-0.25, -0.2) is 0 Å². The normalized spacial score (nSPS) is 20.4. The monoisotopic (exact) mass is 305 g/mol. The number of hydrogen-bond donors (Lipinski definition) is 1. The quantitative estimate of drug-likeness (QED) is 0.685. The van der Waals surface area contributed by atoms with Crippen molar-refractivity contribution in [3.05, 3.63) is 33.9 Å². The number of aryl methyl sites for hydroxylation is 1. The van der Waals surface area contributed by atoms with Gasteiger partial charge in [-0.1, -0.05) is 6.92 Å². The van der Waals surface area contributed by atoms with Crippen molar-refractivity contribution in [3.63, 3.8) is 0 Å². The molecule has 6 nitrogen and oxygen atoms in total. The van der Waals surface area contributed by atoms with E-state index in [2.05, 4.69) is 17.1 Å². The molecule has 0 bridgehead atoms. The number of nitrogens with zero attached hydrogens (tertiary/aromatic N) is 2. The van der Waals surface area contributed by atoms with Crippen molar-refractivity contribution in [2.45, 2.75) is 39.7 Å². The number of non-ortho nitro benzene ring substituents is 1. The van der Waals surface area contributed by atoms with Crippen LogP contribution in [0.5, 0.6) is 0 Å². The lowest BCUT2D eigenvalue weighted by molar-refractivity contribution is -0.384. The highest BCUT2D eigenvalue weighted by Crippen LogP contribution is 2.22. The SMILES string of the molecule is Cc1cc([N+](=O)[O-])ccc1NC(=O)[C@@H](C)N1CCC[C@@H](C)C1. The van der Waals surface area contributed by atoms with Crippen LogP contribution in [-0.2, 0) is 4.79 Å². The molecule has 6 heteroatoms. The molecule has 1 saturated heterocycles. The molecule has 1 aliphatic rings. The van der Waals surface area contributed by atoms with Gasteiger partial charge < -0.3 is 5.32 Å². The van der Waals surface area contributed by atoms with E-state index in [4.69, 9.17) is 0 Å². The first kappa shape index (κ1) is 16.4. The Morgan fingerprint density at radius 1 is 1.50 bits per heavy atom. The van der Waals surface area contributed by atoms with Crippen molar-refractivity contribution in [1.29, 1.82) is 0 Å². The highest BCUT2D eigenvalue weighted by molar-refractivity contribution is 5.95. The number of nitro benzene ring substituents is 1. The summed E-state index contributed by atoms with van der Waals surface area (Å²) in [5, 5.41) is 13.6. The molecule has 1 amide bonds. The Hall–Kier alpha value is -1.95. The first-order valence-electron chi connectivity index (χ1n) is 7.68. The summed E-state index contributed by atoms with van der Waals surface area (Å²) in [6.45, 7) is 7.76. The highest BCUT2D eigenvalue weighted by Gasteiger charge is 2.26. The topological polar surface area (TPSA) is 75.5 Å². The molecule has 0 saturated carbocycles. The van der Waals surface area contributed by atoms with E-state index in [0.29, 0.717) is 17.2 Å². The number of benzene rings is 1. The van der Waals surface area contributed by atoms with Crippen molar-refractivity contribution in [3.8, 4) is 0 Å². The molecule has 0 unspecified atom stereocenters. The molecule has 1 fully saturated rings. The number of carbonyl (C=O) groups is 1. The van der Waals surface area contributed by atoms with Crippen LogP contribution in [0, 0.1) is 23.0 Å². The van der Waals surface area contributed by atoms with Crippen LogP contribution in [0.4, 0.5) is 11.4 Å². The molecule has 120 valence electrons. The molecule has 1 aliphatic heterocycles. The molecule has 0 aromatic heterocycles. The summed E-state index contributed by atoms with van der Waals surface area (Å²) in [7, 11) is 0. The first-order chi connectivity index (χ1) is 10.4. The average Bonchev–Trinajstić information content (AvgIpc) is 2.48. The number of nitrogens with one attached hydrogen (secondary N) is 1. The van der Waals surface area contributed by atoms with Crippen LogP contribution < -0.4 is 5.32 Å². The predicted molar refractivity (Wildman–Crippen MR) is 85.9 cm³/mol. The van der Waals surface area contributed by atoms with Crippen molar-refractivity contribution in [1.82, 2.24) is 4.90 Å². The minimum absolute atomic E-state index is 0.0356. The van der Waals surface area contributed by atoms with Crippen LogP contribution in [-0.4, -0.2) is 34.9 Å². The van der Waals surface area contributed by atoms with Gasteiger partial charge in [0.15, 0.2) is 0 Å². The van der Waals surface area contributed by atoms with E-state index in [9.17, 15) is 14.9 Å². The predicted octanol–water partition coefficient (Wildman–Crippen LogP) is 2.96. The van der Waals surface area contributed by atoms with Gasteiger partial charge in [-0.15, -0.1) is 0 Å². The zero-order valence-corrected chi connectivity index (χ0v) is 13.3. The van der Waals surface area contributed by atoms with Crippen molar-refractivity contribution < 1.29 is 9.72 Å². The Balaban J connectivity index is 2.03. The Bertz CT molecular complexity index is 574. The minimum atomic E-state index is -0.434. The third-order valence-corrected chi connectivity index (χ3v) is 4.29. The third-order valence-electron chi connectivity index (χ3n) is 4.29. The van der Waals surface area contributed by atoms with Crippen molar-refractivity contribution in [2.24, 2.45) is 5.92 Å². The smallest absolute Gasteiger partial charge is 0.269 e. The summed E-state index contributed by atoms with van der Waals surface area (Å²) in [5.74, 6) is 0.552. The molecule has 2 atom stereocenters. The third kappa shape index (κ3) is 3.82. The van der Waals surface area contributed by atoms with Crippen LogP contribution in [0.25, 0.3) is 0 Å². The zero-order valence-electron chi connectivity index (χ0n) is 13.3. The fraction of sp³-hybridized carbons (Fsp3) is 0.562. The fourth-order valence-electron chi connectivity index (χ4n) is 2.88. The summed E-state index contributed by atoms with van der Waals surface area (Å²) in [4.78, 5) is 24.9. The number of anilines is 1. The number of piperidine rings is 1. The number of carbonyl (C=O) groups excluding carboxylic acids is 1. The van der Waals surface area contributed by atoms with Gasteiger partial charge in [-0.05, 0) is 50.8 Å². The van der Waals surface area contributed by atoms with Crippen molar-refractivity contribution >= 4 is 17.3 Å². The molecule has 1 heterocycles.